The Kier molecular flexibility index (Phi) is 6.48. The largest absolute Gasteiger partial charge is 0.508 e. The van der Waals surface area contributed by atoms with Gasteiger partial charge in [0.25, 0.3) is 5.56 Å². The van der Waals surface area contributed by atoms with Gasteiger partial charge in [-0.15, -0.1) is 11.3 Å². The van der Waals surface area contributed by atoms with Gasteiger partial charge in [0, 0.05) is 0 Å². The number of hydrogen-bond donors (Lipinski definition) is 3. The van der Waals surface area contributed by atoms with Gasteiger partial charge >= 0.3 is 11.9 Å². The summed E-state index contributed by atoms with van der Waals surface area (Å²) in [6.45, 7) is 1.72. The average molecular weight is 495 g/mol. The summed E-state index contributed by atoms with van der Waals surface area (Å²) in [5.74, 6) is -2.61. The molecule has 4 N–H and O–H groups in total. The number of aromatic nitrogens is 1. The fourth-order valence-electron chi connectivity index (χ4n) is 3.89. The summed E-state index contributed by atoms with van der Waals surface area (Å²) in [6.07, 6.45) is 1.60. The van der Waals surface area contributed by atoms with Gasteiger partial charge in [0.1, 0.15) is 22.0 Å². The molecule has 0 saturated heterocycles. The fraction of sp³-hybridized carbons (Fsp3) is 0.160. The number of thiazole rings is 1. The summed E-state index contributed by atoms with van der Waals surface area (Å²) in [6, 6.07) is 12.2. The smallest absolute Gasteiger partial charge is 0.338 e. The van der Waals surface area contributed by atoms with Crippen molar-refractivity contribution in [3.8, 4) is 11.5 Å². The van der Waals surface area contributed by atoms with Crippen molar-refractivity contribution in [1.82, 2.24) is 4.57 Å². The molecule has 1 aliphatic heterocycles. The normalized spacial score (nSPS) is 15.7. The number of carbonyl (C=O) groups excluding carboxylic acids is 2. The van der Waals surface area contributed by atoms with Crippen molar-refractivity contribution < 1.29 is 29.3 Å². The molecule has 2 aromatic carbocycles. The number of hydrogen-bond acceptors (Lipinski definition) is 9. The fourth-order valence-corrected chi connectivity index (χ4v) is 5.05. The molecule has 0 aliphatic carbocycles. The number of benzene rings is 2. The van der Waals surface area contributed by atoms with E-state index in [1.165, 1.54) is 31.4 Å². The molecular weight excluding hydrogens is 472 g/mol. The number of fused-ring (bicyclic) bond motifs is 1. The van der Waals surface area contributed by atoms with Crippen LogP contribution in [-0.4, -0.2) is 40.4 Å². The predicted octanol–water partition coefficient (Wildman–Crippen LogP) is 0.961. The van der Waals surface area contributed by atoms with Crippen LogP contribution in [0.3, 0.4) is 0 Å². The van der Waals surface area contributed by atoms with Gasteiger partial charge in [-0.25, -0.2) is 9.59 Å². The van der Waals surface area contributed by atoms with E-state index < -0.39 is 23.4 Å². The van der Waals surface area contributed by atoms with Crippen LogP contribution in [0.25, 0.3) is 17.5 Å². The highest BCUT2D eigenvalue weighted by atomic mass is 32.1. The summed E-state index contributed by atoms with van der Waals surface area (Å²) in [5.41, 5.74) is 6.93. The van der Waals surface area contributed by atoms with Crippen molar-refractivity contribution in [3.05, 3.63) is 84.8 Å². The summed E-state index contributed by atoms with van der Waals surface area (Å²) < 4.78 is 11.9. The molecule has 2 heterocycles. The number of nitrogens with zero attached hydrogens (tertiary/aromatic N) is 1. The van der Waals surface area contributed by atoms with Gasteiger partial charge in [-0.05, 0) is 48.4 Å². The third-order valence-corrected chi connectivity index (χ3v) is 6.57. The van der Waals surface area contributed by atoms with Crippen molar-refractivity contribution in [2.75, 3.05) is 13.7 Å². The Morgan fingerprint density at radius 3 is 2.20 bits per heavy atom. The molecule has 0 amide bonds. The average Bonchev–Trinajstić information content (AvgIpc) is 3.16. The molecule has 0 saturated carbocycles. The lowest BCUT2D eigenvalue weighted by atomic mass is 9.83. The zero-order valence-corrected chi connectivity index (χ0v) is 19.7. The molecule has 4 rings (SSSR count). The van der Waals surface area contributed by atoms with Gasteiger partial charge in [0.2, 0.25) is 0 Å². The molecule has 10 heteroatoms. The van der Waals surface area contributed by atoms with Gasteiger partial charge in [-0.1, -0.05) is 24.3 Å². The maximum Gasteiger partial charge on any atom is 0.338 e. The minimum absolute atomic E-state index is 0.00219. The molecule has 1 aliphatic rings. The highest BCUT2D eigenvalue weighted by molar-refractivity contribution is 7.07. The molecule has 1 unspecified atom stereocenters. The van der Waals surface area contributed by atoms with Crippen molar-refractivity contribution in [2.24, 2.45) is 5.73 Å². The van der Waals surface area contributed by atoms with E-state index in [9.17, 15) is 24.6 Å². The summed E-state index contributed by atoms with van der Waals surface area (Å²) in [7, 11) is 1.18. The van der Waals surface area contributed by atoms with Crippen LogP contribution in [0.4, 0.5) is 0 Å². The van der Waals surface area contributed by atoms with Gasteiger partial charge < -0.3 is 25.4 Å². The molecule has 35 heavy (non-hydrogen) atoms. The number of methoxy groups -OCH3 is 1. The summed E-state index contributed by atoms with van der Waals surface area (Å²) in [4.78, 5) is 39.5. The Balaban J connectivity index is 2.11. The van der Waals surface area contributed by atoms with Crippen LogP contribution in [0, 0.1) is 0 Å². The van der Waals surface area contributed by atoms with Crippen LogP contribution in [0.5, 0.6) is 11.5 Å². The van der Waals surface area contributed by atoms with Crippen molar-refractivity contribution in [3.63, 3.8) is 0 Å². The van der Waals surface area contributed by atoms with Crippen LogP contribution < -0.4 is 20.5 Å². The Labute approximate surface area is 203 Å². The number of carbonyl (C=O) groups is 2. The van der Waals surface area contributed by atoms with Gasteiger partial charge in [0.05, 0.1) is 35.3 Å². The first-order chi connectivity index (χ1) is 16.8. The standard InChI is InChI=1S/C25H22N2O7S/c1-3-34-25(32)20-18(14-6-10-16(29)11-7-14)19(24(31)33-2)21(26)27-22(30)17(35-23(20)27)12-13-4-8-15(28)9-5-13/h4-12,18,28-29H,3,26H2,1-2H3. The highest BCUT2D eigenvalue weighted by Crippen LogP contribution is 2.38. The predicted molar refractivity (Wildman–Crippen MR) is 130 cm³/mol. The Morgan fingerprint density at radius 2 is 1.63 bits per heavy atom. The number of rotatable bonds is 5. The van der Waals surface area contributed by atoms with E-state index in [0.29, 0.717) is 11.1 Å². The number of phenolic OH excluding ortho intramolecular Hbond substituents is 2. The van der Waals surface area contributed by atoms with Crippen LogP contribution in [-0.2, 0) is 19.1 Å². The number of nitrogens with two attached hydrogens (primary N) is 1. The van der Waals surface area contributed by atoms with Crippen molar-refractivity contribution >= 4 is 40.7 Å². The number of ether oxygens (including phenoxy) is 2. The summed E-state index contributed by atoms with van der Waals surface area (Å²) in [5, 5.41) is 19.3. The van der Waals surface area contributed by atoms with E-state index in [4.69, 9.17) is 15.2 Å². The molecule has 0 fully saturated rings. The third-order valence-electron chi connectivity index (χ3n) is 5.47. The minimum atomic E-state index is -0.998. The van der Waals surface area contributed by atoms with Crippen LogP contribution in [0.1, 0.15) is 24.0 Å². The minimum Gasteiger partial charge on any atom is -0.508 e. The Bertz CT molecular complexity index is 1510. The summed E-state index contributed by atoms with van der Waals surface area (Å²) >= 11 is 1.03. The van der Waals surface area contributed by atoms with Crippen LogP contribution in [0.2, 0.25) is 0 Å². The lowest BCUT2D eigenvalue weighted by Gasteiger charge is -2.26. The van der Waals surface area contributed by atoms with E-state index in [2.05, 4.69) is 0 Å². The molecule has 1 aromatic heterocycles. The lowest BCUT2D eigenvalue weighted by molar-refractivity contribution is -0.136. The van der Waals surface area contributed by atoms with E-state index in [1.807, 2.05) is 0 Å². The number of phenols is 2. The number of esters is 2. The van der Waals surface area contributed by atoms with E-state index >= 15 is 0 Å². The Hall–Kier alpha value is -4.31. The molecular formula is C25H22N2O7S. The zero-order valence-electron chi connectivity index (χ0n) is 18.8. The van der Waals surface area contributed by atoms with E-state index in [0.717, 1.165) is 15.9 Å². The quantitative estimate of drug-likeness (QED) is 0.446. The van der Waals surface area contributed by atoms with Crippen molar-refractivity contribution in [2.45, 2.75) is 12.8 Å². The van der Waals surface area contributed by atoms with Gasteiger partial charge in [-0.3, -0.25) is 9.36 Å². The van der Waals surface area contributed by atoms with Gasteiger partial charge in [0.15, 0.2) is 0 Å². The second kappa shape index (κ2) is 9.51. The number of aromatic hydroxyl groups is 2. The SMILES string of the molecule is CCOC(=O)C1=c2sc(=Cc3ccc(O)cc3)c(=O)n2C(N)=C(C(=O)OC)C1c1ccc(O)cc1. The molecule has 0 radical (unpaired) electrons. The van der Waals surface area contributed by atoms with Crippen molar-refractivity contribution in [1.29, 1.82) is 0 Å². The molecule has 3 aromatic rings. The first kappa shape index (κ1) is 23.8. The first-order valence-electron chi connectivity index (χ1n) is 10.6. The van der Waals surface area contributed by atoms with E-state index in [1.54, 1.807) is 37.3 Å². The van der Waals surface area contributed by atoms with Crippen LogP contribution in [0.15, 0.2) is 58.9 Å². The molecule has 0 bridgehead atoms. The third kappa shape index (κ3) is 4.31. The monoisotopic (exact) mass is 494 g/mol. The Morgan fingerprint density at radius 1 is 1.03 bits per heavy atom. The lowest BCUT2D eigenvalue weighted by Crippen LogP contribution is -2.41. The van der Waals surface area contributed by atoms with Crippen LogP contribution >= 0.6 is 11.3 Å². The zero-order chi connectivity index (χ0) is 25.3. The molecule has 9 nitrogen and oxygen atoms in total. The maximum atomic E-state index is 13.4. The second-order valence-electron chi connectivity index (χ2n) is 7.60. The topological polar surface area (TPSA) is 141 Å². The van der Waals surface area contributed by atoms with Gasteiger partial charge in [-0.2, -0.15) is 0 Å². The highest BCUT2D eigenvalue weighted by Gasteiger charge is 2.39. The molecule has 0 spiro atoms. The van der Waals surface area contributed by atoms with E-state index in [-0.39, 0.29) is 44.3 Å². The molecule has 180 valence electrons. The molecule has 1 atom stereocenters. The first-order valence-corrected chi connectivity index (χ1v) is 11.4. The second-order valence-corrected chi connectivity index (χ2v) is 8.63. The maximum absolute atomic E-state index is 13.4.